The van der Waals surface area contributed by atoms with Crippen molar-refractivity contribution in [3.05, 3.63) is 16.9 Å². The van der Waals surface area contributed by atoms with Crippen molar-refractivity contribution < 1.29 is 5.11 Å². The summed E-state index contributed by atoms with van der Waals surface area (Å²) in [5, 5.41) is 17.0. The van der Waals surface area contributed by atoms with Crippen molar-refractivity contribution in [2.24, 2.45) is 0 Å². The maximum atomic E-state index is 9.69. The Balaban J connectivity index is 2.14. The van der Waals surface area contributed by atoms with Crippen LogP contribution in [0.25, 0.3) is 0 Å². The first kappa shape index (κ1) is 9.18. The molecule has 1 aliphatic rings. The highest BCUT2D eigenvalue weighted by molar-refractivity contribution is 9.10. The largest absolute Gasteiger partial charge is 0.390 e. The summed E-state index contributed by atoms with van der Waals surface area (Å²) in [5.41, 5.74) is 0. The van der Waals surface area contributed by atoms with Gasteiger partial charge in [-0.15, -0.1) is 0 Å². The van der Waals surface area contributed by atoms with E-state index in [1.807, 2.05) is 10.9 Å². The molecule has 0 spiro atoms. The highest BCUT2D eigenvalue weighted by Gasteiger charge is 2.24. The lowest BCUT2D eigenvalue weighted by atomic mass is 10.0. The van der Waals surface area contributed by atoms with Crippen LogP contribution in [0.2, 0.25) is 0 Å². The van der Waals surface area contributed by atoms with Crippen molar-refractivity contribution in [3.8, 4) is 0 Å². The fraction of sp³-hybridized carbons (Fsp3) is 0.625. The standard InChI is InChI=1S/C8H12BrN3O/c9-6-3-11-12(5-6)7-1-2-10-4-8(7)13/h3,5,7-8,10,13H,1-2,4H2/t7-,8-/m0/s1. The molecule has 2 atom stereocenters. The van der Waals surface area contributed by atoms with Crippen LogP contribution in [-0.4, -0.2) is 34.1 Å². The van der Waals surface area contributed by atoms with Gasteiger partial charge in [-0.25, -0.2) is 0 Å². The van der Waals surface area contributed by atoms with Gasteiger partial charge in [0.2, 0.25) is 0 Å². The van der Waals surface area contributed by atoms with Crippen LogP contribution in [0.5, 0.6) is 0 Å². The van der Waals surface area contributed by atoms with Gasteiger partial charge in [0.1, 0.15) is 0 Å². The molecule has 0 saturated carbocycles. The topological polar surface area (TPSA) is 50.1 Å². The van der Waals surface area contributed by atoms with Gasteiger partial charge >= 0.3 is 0 Å². The number of β-amino-alcohol motifs (C(OH)–C–C–N with tert-alkyl or cyclic N) is 1. The monoisotopic (exact) mass is 245 g/mol. The third-order valence-corrected chi connectivity index (χ3v) is 2.73. The van der Waals surface area contributed by atoms with E-state index in [0.717, 1.165) is 17.4 Å². The average Bonchev–Trinajstić information content (AvgIpc) is 2.53. The molecule has 1 aromatic heterocycles. The maximum Gasteiger partial charge on any atom is 0.0888 e. The van der Waals surface area contributed by atoms with Gasteiger partial charge in [0, 0.05) is 12.7 Å². The zero-order valence-corrected chi connectivity index (χ0v) is 8.74. The van der Waals surface area contributed by atoms with E-state index in [0.29, 0.717) is 6.54 Å². The molecule has 1 fully saturated rings. The molecule has 2 rings (SSSR count). The number of aromatic nitrogens is 2. The zero-order valence-electron chi connectivity index (χ0n) is 7.15. The molecular formula is C8H12BrN3O. The first-order valence-corrected chi connectivity index (χ1v) is 5.15. The fourth-order valence-electron chi connectivity index (χ4n) is 1.63. The summed E-state index contributed by atoms with van der Waals surface area (Å²) in [6.45, 7) is 1.60. The predicted octanol–water partition coefficient (Wildman–Crippen LogP) is 0.541. The van der Waals surface area contributed by atoms with Crippen molar-refractivity contribution in [3.63, 3.8) is 0 Å². The molecule has 0 bridgehead atoms. The van der Waals surface area contributed by atoms with Crippen LogP contribution in [0.15, 0.2) is 16.9 Å². The van der Waals surface area contributed by atoms with Crippen molar-refractivity contribution >= 4 is 15.9 Å². The normalized spacial score (nSPS) is 29.1. The number of halogens is 1. The van der Waals surface area contributed by atoms with Gasteiger partial charge in [0.15, 0.2) is 0 Å². The summed E-state index contributed by atoms with van der Waals surface area (Å²) < 4.78 is 2.79. The van der Waals surface area contributed by atoms with Crippen LogP contribution in [0, 0.1) is 0 Å². The van der Waals surface area contributed by atoms with Crippen LogP contribution in [0.1, 0.15) is 12.5 Å². The molecule has 2 N–H and O–H groups in total. The molecule has 13 heavy (non-hydrogen) atoms. The number of nitrogens with one attached hydrogen (secondary N) is 1. The molecule has 1 aliphatic heterocycles. The number of hydrogen-bond donors (Lipinski definition) is 2. The minimum Gasteiger partial charge on any atom is -0.390 e. The van der Waals surface area contributed by atoms with Gasteiger partial charge in [0.05, 0.1) is 22.8 Å². The number of hydrogen-bond acceptors (Lipinski definition) is 3. The lowest BCUT2D eigenvalue weighted by Gasteiger charge is -2.28. The van der Waals surface area contributed by atoms with Gasteiger partial charge in [-0.05, 0) is 28.9 Å². The Hall–Kier alpha value is -0.390. The third-order valence-electron chi connectivity index (χ3n) is 2.32. The molecule has 0 aromatic carbocycles. The second-order valence-electron chi connectivity index (χ2n) is 3.27. The molecule has 0 aliphatic carbocycles. The van der Waals surface area contributed by atoms with Crippen LogP contribution in [-0.2, 0) is 0 Å². The minimum atomic E-state index is -0.333. The van der Waals surface area contributed by atoms with Crippen molar-refractivity contribution in [2.45, 2.75) is 18.6 Å². The van der Waals surface area contributed by atoms with E-state index >= 15 is 0 Å². The number of piperidine rings is 1. The van der Waals surface area contributed by atoms with E-state index < -0.39 is 0 Å². The Labute approximate surface area is 85.1 Å². The highest BCUT2D eigenvalue weighted by Crippen LogP contribution is 2.20. The maximum absolute atomic E-state index is 9.69. The van der Waals surface area contributed by atoms with Crippen LogP contribution < -0.4 is 5.32 Å². The summed E-state index contributed by atoms with van der Waals surface area (Å²) >= 11 is 3.34. The van der Waals surface area contributed by atoms with Crippen molar-refractivity contribution in [2.75, 3.05) is 13.1 Å². The Bertz CT molecular complexity index is 289. The van der Waals surface area contributed by atoms with Crippen LogP contribution in [0.3, 0.4) is 0 Å². The average molecular weight is 246 g/mol. The Morgan fingerprint density at radius 1 is 1.69 bits per heavy atom. The molecule has 1 aromatic rings. The Morgan fingerprint density at radius 3 is 3.15 bits per heavy atom. The van der Waals surface area contributed by atoms with Gasteiger partial charge in [-0.1, -0.05) is 0 Å². The highest BCUT2D eigenvalue weighted by atomic mass is 79.9. The molecule has 72 valence electrons. The quantitative estimate of drug-likeness (QED) is 0.760. The van der Waals surface area contributed by atoms with Crippen molar-refractivity contribution in [1.29, 1.82) is 0 Å². The predicted molar refractivity (Wildman–Crippen MR) is 52.5 cm³/mol. The second-order valence-corrected chi connectivity index (χ2v) is 4.18. The lowest BCUT2D eigenvalue weighted by Crippen LogP contribution is -2.41. The molecule has 4 nitrogen and oxygen atoms in total. The number of aliphatic hydroxyl groups excluding tert-OH is 1. The summed E-state index contributed by atoms with van der Waals surface area (Å²) in [7, 11) is 0. The Morgan fingerprint density at radius 2 is 2.54 bits per heavy atom. The molecule has 2 heterocycles. The molecular weight excluding hydrogens is 234 g/mol. The van der Waals surface area contributed by atoms with Crippen LogP contribution in [0.4, 0.5) is 0 Å². The molecule has 1 saturated heterocycles. The van der Waals surface area contributed by atoms with E-state index in [2.05, 4.69) is 26.3 Å². The van der Waals surface area contributed by atoms with E-state index in [1.54, 1.807) is 6.20 Å². The Kier molecular flexibility index (Phi) is 2.66. The number of rotatable bonds is 1. The van der Waals surface area contributed by atoms with E-state index in [4.69, 9.17) is 0 Å². The van der Waals surface area contributed by atoms with E-state index in [9.17, 15) is 5.11 Å². The first-order chi connectivity index (χ1) is 6.27. The molecule has 0 radical (unpaired) electrons. The molecule has 0 amide bonds. The van der Waals surface area contributed by atoms with Gasteiger partial charge in [0.25, 0.3) is 0 Å². The molecule has 5 heteroatoms. The lowest BCUT2D eigenvalue weighted by molar-refractivity contribution is 0.0810. The van der Waals surface area contributed by atoms with Crippen molar-refractivity contribution in [1.82, 2.24) is 15.1 Å². The number of aliphatic hydroxyl groups is 1. The number of nitrogens with zero attached hydrogens (tertiary/aromatic N) is 2. The summed E-state index contributed by atoms with van der Waals surface area (Å²) in [6.07, 6.45) is 4.24. The molecule has 0 unspecified atom stereocenters. The minimum absolute atomic E-state index is 0.118. The van der Waals surface area contributed by atoms with Gasteiger partial charge in [-0.2, -0.15) is 5.10 Å². The summed E-state index contributed by atoms with van der Waals surface area (Å²) in [4.78, 5) is 0. The fourth-order valence-corrected chi connectivity index (χ4v) is 1.93. The first-order valence-electron chi connectivity index (χ1n) is 4.36. The van der Waals surface area contributed by atoms with Gasteiger partial charge < -0.3 is 10.4 Å². The SMILES string of the molecule is O[C@H]1CNCC[C@@H]1n1cc(Br)cn1. The third kappa shape index (κ3) is 1.92. The smallest absolute Gasteiger partial charge is 0.0888 e. The summed E-state index contributed by atoms with van der Waals surface area (Å²) in [5.74, 6) is 0. The van der Waals surface area contributed by atoms with Crippen LogP contribution >= 0.6 is 15.9 Å². The van der Waals surface area contributed by atoms with E-state index in [-0.39, 0.29) is 12.1 Å². The summed E-state index contributed by atoms with van der Waals surface area (Å²) in [6, 6.07) is 0.118. The van der Waals surface area contributed by atoms with E-state index in [1.165, 1.54) is 0 Å². The van der Waals surface area contributed by atoms with Gasteiger partial charge in [-0.3, -0.25) is 4.68 Å². The second kappa shape index (κ2) is 3.77. The zero-order chi connectivity index (χ0) is 9.26.